The van der Waals surface area contributed by atoms with Gasteiger partial charge in [0.1, 0.15) is 0 Å². The van der Waals surface area contributed by atoms with Gasteiger partial charge in [0.2, 0.25) is 0 Å². The zero-order chi connectivity index (χ0) is 11.5. The predicted octanol–water partition coefficient (Wildman–Crippen LogP) is 2.85. The number of rotatable bonds is 2. The number of nitrogens with one attached hydrogen (secondary N) is 2. The van der Waals surface area contributed by atoms with Crippen molar-refractivity contribution in [3.8, 4) is 0 Å². The maximum atomic E-state index is 4.62. The molecule has 3 rings (SSSR count). The van der Waals surface area contributed by atoms with E-state index in [4.69, 9.17) is 0 Å². The van der Waals surface area contributed by atoms with Crippen LogP contribution in [0.25, 0.3) is 10.2 Å². The molecule has 0 amide bonds. The first-order chi connectivity index (χ1) is 8.42. The molecule has 1 saturated heterocycles. The highest BCUT2D eigenvalue weighted by Crippen LogP contribution is 2.26. The van der Waals surface area contributed by atoms with E-state index in [0.29, 0.717) is 6.04 Å². The zero-order valence-corrected chi connectivity index (χ0v) is 10.6. The van der Waals surface area contributed by atoms with Gasteiger partial charge in [-0.1, -0.05) is 23.5 Å². The summed E-state index contributed by atoms with van der Waals surface area (Å²) in [4.78, 5) is 4.62. The van der Waals surface area contributed by atoms with Crippen LogP contribution in [0.4, 0.5) is 5.13 Å². The predicted molar refractivity (Wildman–Crippen MR) is 73.8 cm³/mol. The number of benzene rings is 1. The molecule has 0 aliphatic carbocycles. The van der Waals surface area contributed by atoms with E-state index in [1.807, 2.05) is 6.07 Å². The lowest BCUT2D eigenvalue weighted by molar-refractivity contribution is 0.637. The minimum absolute atomic E-state index is 0.575. The highest BCUT2D eigenvalue weighted by molar-refractivity contribution is 7.22. The van der Waals surface area contributed by atoms with Crippen molar-refractivity contribution in [1.29, 1.82) is 0 Å². The number of nitrogens with zero attached hydrogens (tertiary/aromatic N) is 1. The fourth-order valence-corrected chi connectivity index (χ4v) is 3.21. The van der Waals surface area contributed by atoms with E-state index in [9.17, 15) is 0 Å². The van der Waals surface area contributed by atoms with Gasteiger partial charge in [-0.15, -0.1) is 0 Å². The van der Waals surface area contributed by atoms with Gasteiger partial charge < -0.3 is 10.6 Å². The van der Waals surface area contributed by atoms with Gasteiger partial charge in [0.25, 0.3) is 0 Å². The van der Waals surface area contributed by atoms with Gasteiger partial charge in [-0.05, 0) is 44.5 Å². The molecule has 90 valence electrons. The maximum Gasteiger partial charge on any atom is 0.184 e. The van der Waals surface area contributed by atoms with Crippen LogP contribution in [0.5, 0.6) is 0 Å². The van der Waals surface area contributed by atoms with Crippen LogP contribution in [0.3, 0.4) is 0 Å². The van der Waals surface area contributed by atoms with Crippen molar-refractivity contribution >= 4 is 26.7 Å². The van der Waals surface area contributed by atoms with Crippen molar-refractivity contribution in [2.24, 2.45) is 0 Å². The van der Waals surface area contributed by atoms with Crippen LogP contribution >= 0.6 is 11.3 Å². The number of anilines is 1. The summed E-state index contributed by atoms with van der Waals surface area (Å²) in [6.45, 7) is 2.26. The monoisotopic (exact) mass is 247 g/mol. The normalized spacial score (nSPS) is 21.3. The summed E-state index contributed by atoms with van der Waals surface area (Å²) in [6.07, 6.45) is 3.68. The number of para-hydroxylation sites is 1. The van der Waals surface area contributed by atoms with Crippen molar-refractivity contribution in [3.63, 3.8) is 0 Å². The summed E-state index contributed by atoms with van der Waals surface area (Å²) < 4.78 is 1.27. The van der Waals surface area contributed by atoms with E-state index < -0.39 is 0 Å². The Hall–Kier alpha value is -1.13. The summed E-state index contributed by atoms with van der Waals surface area (Å²) in [7, 11) is 0. The van der Waals surface area contributed by atoms with Gasteiger partial charge in [-0.25, -0.2) is 4.98 Å². The molecule has 17 heavy (non-hydrogen) atoms. The van der Waals surface area contributed by atoms with Crippen LogP contribution in [0.1, 0.15) is 19.3 Å². The number of thiazole rings is 1. The molecule has 0 spiro atoms. The number of hydrogen-bond donors (Lipinski definition) is 2. The Balaban J connectivity index is 1.75. The van der Waals surface area contributed by atoms with Gasteiger partial charge in [-0.3, -0.25) is 0 Å². The van der Waals surface area contributed by atoms with E-state index in [1.165, 1.54) is 24.0 Å². The molecule has 0 bridgehead atoms. The molecule has 1 aliphatic heterocycles. The van der Waals surface area contributed by atoms with Crippen LogP contribution < -0.4 is 10.6 Å². The molecule has 1 atom stereocenters. The number of fused-ring (bicyclic) bond motifs is 1. The molecule has 4 heteroatoms. The molecule has 2 heterocycles. The SMILES string of the molecule is c1ccc2sc(NC3CCCNCC3)nc2c1. The minimum Gasteiger partial charge on any atom is -0.359 e. The summed E-state index contributed by atoms with van der Waals surface area (Å²) in [5.74, 6) is 0. The zero-order valence-electron chi connectivity index (χ0n) is 9.78. The molecule has 0 radical (unpaired) electrons. The highest BCUT2D eigenvalue weighted by Gasteiger charge is 2.13. The second kappa shape index (κ2) is 5.02. The van der Waals surface area contributed by atoms with E-state index >= 15 is 0 Å². The Bertz CT molecular complexity index is 453. The molecule has 1 aromatic heterocycles. The van der Waals surface area contributed by atoms with Crippen LogP contribution in [0, 0.1) is 0 Å². The molecule has 2 N–H and O–H groups in total. The first kappa shape index (κ1) is 11.0. The van der Waals surface area contributed by atoms with Gasteiger partial charge in [0.15, 0.2) is 5.13 Å². The third-order valence-electron chi connectivity index (χ3n) is 3.20. The minimum atomic E-state index is 0.575. The molecular weight excluding hydrogens is 230 g/mol. The summed E-state index contributed by atoms with van der Waals surface area (Å²) >= 11 is 1.76. The third kappa shape index (κ3) is 2.58. The van der Waals surface area contributed by atoms with E-state index in [2.05, 4.69) is 33.8 Å². The van der Waals surface area contributed by atoms with Crippen LogP contribution in [0.15, 0.2) is 24.3 Å². The summed E-state index contributed by atoms with van der Waals surface area (Å²) in [6, 6.07) is 8.89. The summed E-state index contributed by atoms with van der Waals surface area (Å²) in [5.41, 5.74) is 1.10. The standard InChI is InChI=1S/C13H17N3S/c1-2-6-12-11(5-1)16-13(17-12)15-10-4-3-8-14-9-7-10/h1-2,5-6,10,14H,3-4,7-9H2,(H,15,16). The molecule has 1 fully saturated rings. The lowest BCUT2D eigenvalue weighted by Crippen LogP contribution is -2.21. The van der Waals surface area contributed by atoms with E-state index in [-0.39, 0.29) is 0 Å². The second-order valence-corrected chi connectivity index (χ2v) is 5.54. The highest BCUT2D eigenvalue weighted by atomic mass is 32.1. The largest absolute Gasteiger partial charge is 0.359 e. The maximum absolute atomic E-state index is 4.62. The van der Waals surface area contributed by atoms with Gasteiger partial charge in [-0.2, -0.15) is 0 Å². The third-order valence-corrected chi connectivity index (χ3v) is 4.16. The van der Waals surface area contributed by atoms with Crippen molar-refractivity contribution in [1.82, 2.24) is 10.3 Å². The Morgan fingerprint density at radius 2 is 2.18 bits per heavy atom. The van der Waals surface area contributed by atoms with Crippen molar-refractivity contribution in [2.45, 2.75) is 25.3 Å². The molecule has 3 nitrogen and oxygen atoms in total. The fraction of sp³-hybridized carbons (Fsp3) is 0.462. The first-order valence-corrected chi connectivity index (χ1v) is 7.06. The summed E-state index contributed by atoms with van der Waals surface area (Å²) in [5, 5.41) is 8.08. The number of aromatic nitrogens is 1. The van der Waals surface area contributed by atoms with Gasteiger partial charge in [0.05, 0.1) is 10.2 Å². The van der Waals surface area contributed by atoms with Crippen molar-refractivity contribution in [2.75, 3.05) is 18.4 Å². The number of hydrogen-bond acceptors (Lipinski definition) is 4. The Labute approximate surface area is 105 Å². The van der Waals surface area contributed by atoms with Crippen LogP contribution in [0.2, 0.25) is 0 Å². The topological polar surface area (TPSA) is 37.0 Å². The van der Waals surface area contributed by atoms with Crippen molar-refractivity contribution in [3.05, 3.63) is 24.3 Å². The lowest BCUT2D eigenvalue weighted by Gasteiger charge is -2.14. The quantitative estimate of drug-likeness (QED) is 0.857. The molecule has 1 aliphatic rings. The molecule has 1 aromatic carbocycles. The van der Waals surface area contributed by atoms with Crippen LogP contribution in [-0.4, -0.2) is 24.1 Å². The molecule has 2 aromatic rings. The fourth-order valence-electron chi connectivity index (χ4n) is 2.27. The molecule has 0 saturated carbocycles. The van der Waals surface area contributed by atoms with E-state index in [0.717, 1.165) is 23.7 Å². The first-order valence-electron chi connectivity index (χ1n) is 6.25. The van der Waals surface area contributed by atoms with Crippen molar-refractivity contribution < 1.29 is 0 Å². The Morgan fingerprint density at radius 1 is 1.24 bits per heavy atom. The lowest BCUT2D eigenvalue weighted by atomic mass is 10.1. The average molecular weight is 247 g/mol. The average Bonchev–Trinajstić information content (AvgIpc) is 2.57. The molecular formula is C13H17N3S. The van der Waals surface area contributed by atoms with E-state index in [1.54, 1.807) is 11.3 Å². The second-order valence-electron chi connectivity index (χ2n) is 4.51. The van der Waals surface area contributed by atoms with Gasteiger partial charge in [0, 0.05) is 6.04 Å². The molecule has 1 unspecified atom stereocenters. The van der Waals surface area contributed by atoms with Crippen LogP contribution in [-0.2, 0) is 0 Å². The van der Waals surface area contributed by atoms with Gasteiger partial charge >= 0.3 is 0 Å². The Morgan fingerprint density at radius 3 is 3.12 bits per heavy atom. The smallest absolute Gasteiger partial charge is 0.184 e. The Kier molecular flexibility index (Phi) is 3.25.